The van der Waals surface area contributed by atoms with Crippen molar-refractivity contribution in [3.05, 3.63) is 0 Å². The van der Waals surface area contributed by atoms with Crippen LogP contribution in [0.4, 0.5) is 0 Å². The normalized spacial score (nSPS) is 23.3. The number of aliphatic carboxylic acids is 1. The molecular formula is C11H19NO3. The molecule has 1 saturated carbocycles. The lowest BCUT2D eigenvalue weighted by Crippen LogP contribution is -2.39. The van der Waals surface area contributed by atoms with Gasteiger partial charge in [-0.25, -0.2) is 0 Å². The van der Waals surface area contributed by atoms with E-state index in [0.717, 1.165) is 6.42 Å². The van der Waals surface area contributed by atoms with Crippen molar-refractivity contribution in [2.24, 2.45) is 16.7 Å². The van der Waals surface area contributed by atoms with E-state index in [1.165, 1.54) is 0 Å². The molecule has 1 aliphatic rings. The third-order valence-corrected chi connectivity index (χ3v) is 3.11. The average Bonchev–Trinajstić information content (AvgIpc) is 2.71. The first-order valence-electron chi connectivity index (χ1n) is 5.18. The van der Waals surface area contributed by atoms with Gasteiger partial charge in [0.25, 0.3) is 0 Å². The van der Waals surface area contributed by atoms with Gasteiger partial charge in [-0.1, -0.05) is 13.8 Å². The van der Waals surface area contributed by atoms with Gasteiger partial charge >= 0.3 is 5.97 Å². The number of rotatable bonds is 4. The van der Waals surface area contributed by atoms with Crippen LogP contribution in [0.1, 0.15) is 34.1 Å². The highest BCUT2D eigenvalue weighted by Gasteiger charge is 2.50. The summed E-state index contributed by atoms with van der Waals surface area (Å²) in [6, 6.07) is 0. The van der Waals surface area contributed by atoms with E-state index in [9.17, 15) is 9.59 Å². The monoisotopic (exact) mass is 213 g/mol. The Hall–Kier alpha value is -1.06. The second-order valence-corrected chi connectivity index (χ2v) is 5.65. The summed E-state index contributed by atoms with van der Waals surface area (Å²) in [5.74, 6) is -0.853. The van der Waals surface area contributed by atoms with E-state index in [1.54, 1.807) is 13.8 Å². The second kappa shape index (κ2) is 3.51. The Morgan fingerprint density at radius 2 is 1.93 bits per heavy atom. The number of carboxylic acid groups (broad SMARTS) is 1. The first kappa shape index (κ1) is 12.0. The van der Waals surface area contributed by atoms with Crippen LogP contribution in [0.3, 0.4) is 0 Å². The molecule has 15 heavy (non-hydrogen) atoms. The van der Waals surface area contributed by atoms with E-state index in [2.05, 4.69) is 5.32 Å². The van der Waals surface area contributed by atoms with Crippen molar-refractivity contribution < 1.29 is 14.7 Å². The average molecular weight is 213 g/mol. The Labute approximate surface area is 90.0 Å². The highest BCUT2D eigenvalue weighted by Crippen LogP contribution is 2.51. The molecule has 2 N–H and O–H groups in total. The molecule has 1 fully saturated rings. The van der Waals surface area contributed by atoms with Crippen LogP contribution in [0.2, 0.25) is 0 Å². The van der Waals surface area contributed by atoms with Crippen LogP contribution in [-0.4, -0.2) is 23.5 Å². The van der Waals surface area contributed by atoms with Crippen molar-refractivity contribution in [3.63, 3.8) is 0 Å². The first-order chi connectivity index (χ1) is 6.67. The standard InChI is InChI=1S/C11H19NO3/c1-10(2)5-7(10)8(13)12-6-11(3,4)9(14)15/h7H,5-6H2,1-4H3,(H,12,13)(H,14,15). The lowest BCUT2D eigenvalue weighted by atomic mass is 9.94. The first-order valence-corrected chi connectivity index (χ1v) is 5.18. The van der Waals surface area contributed by atoms with Crippen molar-refractivity contribution in [2.45, 2.75) is 34.1 Å². The van der Waals surface area contributed by atoms with E-state index in [4.69, 9.17) is 5.11 Å². The van der Waals surface area contributed by atoms with E-state index in [-0.39, 0.29) is 23.8 Å². The van der Waals surface area contributed by atoms with Gasteiger partial charge in [-0.15, -0.1) is 0 Å². The van der Waals surface area contributed by atoms with E-state index in [0.29, 0.717) is 0 Å². The van der Waals surface area contributed by atoms with Crippen LogP contribution in [0.15, 0.2) is 0 Å². The minimum absolute atomic E-state index is 0.0191. The van der Waals surface area contributed by atoms with Crippen LogP contribution in [-0.2, 0) is 9.59 Å². The molecule has 86 valence electrons. The maximum Gasteiger partial charge on any atom is 0.310 e. The quantitative estimate of drug-likeness (QED) is 0.738. The summed E-state index contributed by atoms with van der Waals surface area (Å²) in [6.45, 7) is 7.48. The molecule has 1 atom stereocenters. The number of amides is 1. The van der Waals surface area contributed by atoms with E-state index >= 15 is 0 Å². The molecule has 0 heterocycles. The molecule has 0 aromatic heterocycles. The van der Waals surface area contributed by atoms with Crippen LogP contribution in [0.25, 0.3) is 0 Å². The third-order valence-electron chi connectivity index (χ3n) is 3.11. The molecule has 0 spiro atoms. The molecule has 1 unspecified atom stereocenters. The molecule has 0 aliphatic heterocycles. The maximum absolute atomic E-state index is 11.6. The van der Waals surface area contributed by atoms with Crippen molar-refractivity contribution in [1.82, 2.24) is 5.32 Å². The van der Waals surface area contributed by atoms with Gasteiger partial charge in [-0.05, 0) is 25.7 Å². The number of nitrogens with one attached hydrogen (secondary N) is 1. The van der Waals surface area contributed by atoms with Gasteiger partial charge < -0.3 is 10.4 Å². The number of carbonyl (C=O) groups is 2. The van der Waals surface area contributed by atoms with Gasteiger partial charge in [0.15, 0.2) is 0 Å². The molecule has 1 aliphatic carbocycles. The Kier molecular flexibility index (Phi) is 2.81. The lowest BCUT2D eigenvalue weighted by molar-refractivity contribution is -0.146. The molecule has 1 rings (SSSR count). The Bertz CT molecular complexity index is 294. The number of hydrogen-bond donors (Lipinski definition) is 2. The van der Waals surface area contributed by atoms with Gasteiger partial charge in [-0.2, -0.15) is 0 Å². The largest absolute Gasteiger partial charge is 0.481 e. The summed E-state index contributed by atoms with van der Waals surface area (Å²) in [7, 11) is 0. The molecule has 0 bridgehead atoms. The molecule has 0 radical (unpaired) electrons. The maximum atomic E-state index is 11.6. The fourth-order valence-electron chi connectivity index (χ4n) is 1.42. The third kappa shape index (κ3) is 2.70. The van der Waals surface area contributed by atoms with Crippen molar-refractivity contribution >= 4 is 11.9 Å². The van der Waals surface area contributed by atoms with E-state index < -0.39 is 11.4 Å². The van der Waals surface area contributed by atoms with Crippen molar-refractivity contribution in [3.8, 4) is 0 Å². The minimum atomic E-state index is -0.894. The van der Waals surface area contributed by atoms with Gasteiger partial charge in [0.1, 0.15) is 0 Å². The molecule has 4 heteroatoms. The fourth-order valence-corrected chi connectivity index (χ4v) is 1.42. The number of carboxylic acids is 1. The summed E-state index contributed by atoms with van der Waals surface area (Å²) in [5.41, 5.74) is -0.799. The SMILES string of the molecule is CC(C)(CNC(=O)C1CC1(C)C)C(=O)O. The summed E-state index contributed by atoms with van der Waals surface area (Å²) < 4.78 is 0. The number of hydrogen-bond acceptors (Lipinski definition) is 2. The van der Waals surface area contributed by atoms with Crippen LogP contribution in [0.5, 0.6) is 0 Å². The smallest absolute Gasteiger partial charge is 0.310 e. The van der Waals surface area contributed by atoms with Crippen LogP contribution < -0.4 is 5.32 Å². The molecule has 0 aromatic rings. The second-order valence-electron chi connectivity index (χ2n) is 5.65. The van der Waals surface area contributed by atoms with E-state index in [1.807, 2.05) is 13.8 Å². The zero-order chi connectivity index (χ0) is 11.9. The predicted octanol–water partition coefficient (Wildman–Crippen LogP) is 1.26. The van der Waals surface area contributed by atoms with Gasteiger partial charge in [0, 0.05) is 12.5 Å². The van der Waals surface area contributed by atoms with Crippen LogP contribution in [0, 0.1) is 16.7 Å². The van der Waals surface area contributed by atoms with Crippen molar-refractivity contribution in [1.29, 1.82) is 0 Å². The highest BCUT2D eigenvalue weighted by atomic mass is 16.4. The highest BCUT2D eigenvalue weighted by molar-refractivity contribution is 5.83. The Balaban J connectivity index is 2.39. The topological polar surface area (TPSA) is 66.4 Å². The Morgan fingerprint density at radius 3 is 2.27 bits per heavy atom. The molecule has 0 aromatic carbocycles. The predicted molar refractivity (Wildman–Crippen MR) is 56.3 cm³/mol. The van der Waals surface area contributed by atoms with Crippen molar-refractivity contribution in [2.75, 3.05) is 6.54 Å². The summed E-state index contributed by atoms with van der Waals surface area (Å²) in [6.07, 6.45) is 0.895. The zero-order valence-electron chi connectivity index (χ0n) is 9.76. The molecule has 4 nitrogen and oxygen atoms in total. The Morgan fingerprint density at radius 1 is 1.47 bits per heavy atom. The minimum Gasteiger partial charge on any atom is -0.481 e. The molecule has 1 amide bonds. The lowest BCUT2D eigenvalue weighted by Gasteiger charge is -2.19. The van der Waals surface area contributed by atoms with Gasteiger partial charge in [0.05, 0.1) is 5.41 Å². The van der Waals surface area contributed by atoms with Crippen LogP contribution >= 0.6 is 0 Å². The van der Waals surface area contributed by atoms with Gasteiger partial charge in [-0.3, -0.25) is 9.59 Å². The van der Waals surface area contributed by atoms with Gasteiger partial charge in [0.2, 0.25) is 5.91 Å². The molecule has 0 saturated heterocycles. The number of carbonyl (C=O) groups excluding carboxylic acids is 1. The molecular weight excluding hydrogens is 194 g/mol. The summed E-state index contributed by atoms with van der Waals surface area (Å²) >= 11 is 0. The zero-order valence-corrected chi connectivity index (χ0v) is 9.76. The summed E-state index contributed by atoms with van der Waals surface area (Å²) in [5, 5.41) is 11.6. The summed E-state index contributed by atoms with van der Waals surface area (Å²) in [4.78, 5) is 22.4. The fraction of sp³-hybridized carbons (Fsp3) is 0.818.